The van der Waals surface area contributed by atoms with Gasteiger partial charge in [-0.25, -0.2) is 0 Å². The van der Waals surface area contributed by atoms with Crippen molar-refractivity contribution in [3.05, 3.63) is 81.9 Å². The zero-order chi connectivity index (χ0) is 13.5. The molecule has 0 N–H and O–H groups in total. The van der Waals surface area contributed by atoms with E-state index in [1.807, 2.05) is 60.7 Å². The molecule has 1 atom stereocenters. The van der Waals surface area contributed by atoms with Crippen LogP contribution in [0.25, 0.3) is 0 Å². The fourth-order valence-electron chi connectivity index (χ4n) is 1.77. The highest BCUT2D eigenvalue weighted by Crippen LogP contribution is 2.17. The van der Waals surface area contributed by atoms with Gasteiger partial charge in [0.05, 0.1) is 0 Å². The summed E-state index contributed by atoms with van der Waals surface area (Å²) in [6, 6.07) is 18.4. The Kier molecular flexibility index (Phi) is 4.39. The maximum absolute atomic E-state index is 10.7. The lowest BCUT2D eigenvalue weighted by Crippen LogP contribution is -2.11. The van der Waals surface area contributed by atoms with Crippen molar-refractivity contribution in [3.63, 3.8) is 0 Å². The lowest BCUT2D eigenvalue weighted by Gasteiger charge is -2.07. The van der Waals surface area contributed by atoms with Gasteiger partial charge in [0.1, 0.15) is 6.04 Å². The smallest absolute Gasteiger partial charge is 0.230 e. The Labute approximate surface area is 111 Å². The predicted octanol–water partition coefficient (Wildman–Crippen LogP) is 3.12. The highest BCUT2D eigenvalue weighted by molar-refractivity contribution is 5.79. The number of aliphatic imine (C=N–C) groups is 1. The third-order valence-corrected chi connectivity index (χ3v) is 2.71. The molecule has 0 radical (unpaired) electrons. The molecule has 4 nitrogen and oxygen atoms in total. The van der Waals surface area contributed by atoms with Gasteiger partial charge >= 0.3 is 0 Å². The van der Waals surface area contributed by atoms with Crippen LogP contribution in [0.3, 0.4) is 0 Å². The van der Waals surface area contributed by atoms with E-state index in [4.69, 9.17) is 0 Å². The van der Waals surface area contributed by atoms with Crippen LogP contribution in [0.1, 0.15) is 17.2 Å². The molecule has 0 heterocycles. The van der Waals surface area contributed by atoms with Gasteiger partial charge in [-0.3, -0.25) is 15.1 Å². The molecule has 0 aliphatic heterocycles. The van der Waals surface area contributed by atoms with Crippen molar-refractivity contribution in [3.8, 4) is 0 Å². The first-order valence-electron chi connectivity index (χ1n) is 6.00. The van der Waals surface area contributed by atoms with Gasteiger partial charge in [0.15, 0.2) is 0 Å². The molecule has 1 unspecified atom stereocenters. The van der Waals surface area contributed by atoms with Crippen LogP contribution >= 0.6 is 0 Å². The maximum Gasteiger partial charge on any atom is 0.230 e. The summed E-state index contributed by atoms with van der Waals surface area (Å²) in [6.07, 6.45) is 1.68. The predicted molar refractivity (Wildman–Crippen MR) is 75.1 cm³/mol. The molecular weight excluding hydrogens is 240 g/mol. The Balaban J connectivity index is 2.19. The van der Waals surface area contributed by atoms with E-state index >= 15 is 0 Å². The lowest BCUT2D eigenvalue weighted by atomic mass is 10.1. The maximum atomic E-state index is 10.7. The molecule has 2 aromatic rings. The standard InChI is InChI=1S/C15H14N2O2/c18-17(19)12-15(14-9-5-2-6-10-14)16-11-13-7-3-1-4-8-13/h1-11,15H,12H2. The summed E-state index contributed by atoms with van der Waals surface area (Å²) in [7, 11) is 0. The van der Waals surface area contributed by atoms with E-state index in [0.717, 1.165) is 11.1 Å². The van der Waals surface area contributed by atoms with Crippen molar-refractivity contribution in [2.45, 2.75) is 6.04 Å². The minimum absolute atomic E-state index is 0.201. The Bertz CT molecular complexity index is 553. The Hall–Kier alpha value is -2.49. The SMILES string of the molecule is O=[N+]([O-])CC(N=Cc1ccccc1)c1ccccc1. The van der Waals surface area contributed by atoms with Gasteiger partial charge in [-0.05, 0) is 11.1 Å². The molecule has 2 aromatic carbocycles. The Morgan fingerprint density at radius 3 is 2.21 bits per heavy atom. The van der Waals surface area contributed by atoms with Crippen LogP contribution in [0.2, 0.25) is 0 Å². The summed E-state index contributed by atoms with van der Waals surface area (Å²) in [5.74, 6) is 0. The summed E-state index contributed by atoms with van der Waals surface area (Å²) in [6.45, 7) is -0.201. The van der Waals surface area contributed by atoms with Crippen LogP contribution in [-0.4, -0.2) is 17.7 Å². The summed E-state index contributed by atoms with van der Waals surface area (Å²) < 4.78 is 0. The molecule has 0 amide bonds. The average Bonchev–Trinajstić information content (AvgIpc) is 2.45. The number of nitro groups is 1. The molecular formula is C15H14N2O2. The highest BCUT2D eigenvalue weighted by atomic mass is 16.6. The normalized spacial score (nSPS) is 12.4. The van der Waals surface area contributed by atoms with Crippen molar-refractivity contribution in [2.75, 3.05) is 6.54 Å². The molecule has 96 valence electrons. The van der Waals surface area contributed by atoms with E-state index in [2.05, 4.69) is 4.99 Å². The van der Waals surface area contributed by atoms with Crippen LogP contribution in [0.15, 0.2) is 65.7 Å². The van der Waals surface area contributed by atoms with Gasteiger partial charge in [-0.15, -0.1) is 0 Å². The minimum Gasteiger partial charge on any atom is -0.278 e. The van der Waals surface area contributed by atoms with Crippen LogP contribution in [-0.2, 0) is 0 Å². The van der Waals surface area contributed by atoms with Gasteiger partial charge in [-0.1, -0.05) is 60.7 Å². The van der Waals surface area contributed by atoms with Gasteiger partial charge in [-0.2, -0.15) is 0 Å². The molecule has 0 aromatic heterocycles. The van der Waals surface area contributed by atoms with Gasteiger partial charge < -0.3 is 0 Å². The Morgan fingerprint density at radius 2 is 1.63 bits per heavy atom. The average molecular weight is 254 g/mol. The quantitative estimate of drug-likeness (QED) is 0.467. The van der Waals surface area contributed by atoms with Crippen molar-refractivity contribution in [1.82, 2.24) is 0 Å². The van der Waals surface area contributed by atoms with Gasteiger partial charge in [0.25, 0.3) is 0 Å². The summed E-state index contributed by atoms with van der Waals surface area (Å²) in [4.78, 5) is 14.7. The molecule has 0 spiro atoms. The van der Waals surface area contributed by atoms with Crippen LogP contribution in [0.5, 0.6) is 0 Å². The molecule has 4 heteroatoms. The number of nitrogens with zero attached hydrogens (tertiary/aromatic N) is 2. The second-order valence-corrected chi connectivity index (χ2v) is 4.13. The van der Waals surface area contributed by atoms with E-state index in [-0.39, 0.29) is 11.5 Å². The number of benzene rings is 2. The van der Waals surface area contributed by atoms with Crippen molar-refractivity contribution in [2.24, 2.45) is 4.99 Å². The van der Waals surface area contributed by atoms with E-state index in [1.54, 1.807) is 6.21 Å². The fraction of sp³-hybridized carbons (Fsp3) is 0.133. The van der Waals surface area contributed by atoms with Crippen LogP contribution < -0.4 is 0 Å². The zero-order valence-electron chi connectivity index (χ0n) is 10.3. The first-order chi connectivity index (χ1) is 9.25. The van der Waals surface area contributed by atoms with E-state index in [0.29, 0.717) is 0 Å². The number of hydrogen-bond acceptors (Lipinski definition) is 3. The summed E-state index contributed by atoms with van der Waals surface area (Å²) >= 11 is 0. The number of hydrogen-bond donors (Lipinski definition) is 0. The molecule has 0 saturated carbocycles. The summed E-state index contributed by atoms with van der Waals surface area (Å²) in [5.41, 5.74) is 1.79. The van der Waals surface area contributed by atoms with Crippen molar-refractivity contribution < 1.29 is 4.92 Å². The van der Waals surface area contributed by atoms with Crippen LogP contribution in [0, 0.1) is 10.1 Å². The largest absolute Gasteiger partial charge is 0.278 e. The second-order valence-electron chi connectivity index (χ2n) is 4.13. The first-order valence-corrected chi connectivity index (χ1v) is 6.00. The molecule has 0 fully saturated rings. The third kappa shape index (κ3) is 4.03. The Morgan fingerprint density at radius 1 is 1.05 bits per heavy atom. The van der Waals surface area contributed by atoms with E-state index in [9.17, 15) is 10.1 Å². The fourth-order valence-corrected chi connectivity index (χ4v) is 1.77. The van der Waals surface area contributed by atoms with Crippen molar-refractivity contribution in [1.29, 1.82) is 0 Å². The van der Waals surface area contributed by atoms with E-state index in [1.165, 1.54) is 0 Å². The molecule has 0 saturated heterocycles. The summed E-state index contributed by atoms with van der Waals surface area (Å²) in [5, 5.41) is 10.7. The first kappa shape index (κ1) is 13.0. The van der Waals surface area contributed by atoms with E-state index < -0.39 is 6.04 Å². The van der Waals surface area contributed by atoms with Crippen molar-refractivity contribution >= 4 is 6.21 Å². The molecule has 0 aliphatic rings. The molecule has 19 heavy (non-hydrogen) atoms. The van der Waals surface area contributed by atoms with Crippen LogP contribution in [0.4, 0.5) is 0 Å². The lowest BCUT2D eigenvalue weighted by molar-refractivity contribution is -0.483. The highest BCUT2D eigenvalue weighted by Gasteiger charge is 2.15. The van der Waals surface area contributed by atoms with Gasteiger partial charge in [0.2, 0.25) is 6.54 Å². The number of rotatable bonds is 5. The molecule has 0 bridgehead atoms. The minimum atomic E-state index is -0.448. The topological polar surface area (TPSA) is 55.5 Å². The third-order valence-electron chi connectivity index (χ3n) is 2.71. The molecule has 0 aliphatic carbocycles. The molecule has 2 rings (SSSR count). The monoisotopic (exact) mass is 254 g/mol. The zero-order valence-corrected chi connectivity index (χ0v) is 10.3. The van der Waals surface area contributed by atoms with Gasteiger partial charge in [0, 0.05) is 11.1 Å². The second kappa shape index (κ2) is 6.44.